The van der Waals surface area contributed by atoms with Crippen LogP contribution < -0.4 is 10.2 Å². The number of nitriles is 1. The van der Waals surface area contributed by atoms with Crippen molar-refractivity contribution in [2.24, 2.45) is 5.92 Å². The van der Waals surface area contributed by atoms with E-state index in [4.69, 9.17) is 4.98 Å². The molecule has 0 aliphatic carbocycles. The average molecular weight is 422 g/mol. The zero-order valence-corrected chi connectivity index (χ0v) is 17.8. The number of hydrogen-bond acceptors (Lipinski definition) is 7. The topological polar surface area (TPSA) is 99.0 Å². The fourth-order valence-electron chi connectivity index (χ4n) is 3.74. The van der Waals surface area contributed by atoms with Crippen LogP contribution in [-0.2, 0) is 9.84 Å². The summed E-state index contributed by atoms with van der Waals surface area (Å²) < 4.78 is 23.3. The van der Waals surface area contributed by atoms with Gasteiger partial charge in [-0.25, -0.2) is 18.4 Å². The lowest BCUT2D eigenvalue weighted by atomic mass is 9.97. The number of nitrogens with one attached hydrogen (secondary N) is 1. The summed E-state index contributed by atoms with van der Waals surface area (Å²) in [6.45, 7) is 3.72. The Hall–Kier alpha value is -3.18. The second kappa shape index (κ2) is 7.92. The lowest BCUT2D eigenvalue weighted by Crippen LogP contribution is -2.33. The van der Waals surface area contributed by atoms with Crippen LogP contribution in [0.4, 0.5) is 17.3 Å². The SMILES string of the molecule is Cc1cc(N2CCC(C#N)CC2)c2nc(Nc3ccc(S(C)(=O)=O)cc3)ncc2c1. The molecule has 0 unspecified atom stereocenters. The standard InChI is InChI=1S/C22H23N5O2S/c1-15-11-17-14-24-22(25-18-3-5-19(6-4-18)30(2,28)29)26-21(17)20(12-15)27-9-7-16(13-23)8-10-27/h3-6,11-12,14,16H,7-10H2,1-2H3,(H,24,25,26). The van der Waals surface area contributed by atoms with Crippen molar-refractivity contribution in [1.29, 1.82) is 5.26 Å². The first kappa shape index (κ1) is 20.1. The Kier molecular flexibility index (Phi) is 5.31. The molecule has 4 rings (SSSR count). The number of benzene rings is 2. The van der Waals surface area contributed by atoms with Gasteiger partial charge in [-0.15, -0.1) is 0 Å². The van der Waals surface area contributed by atoms with Gasteiger partial charge in [0.1, 0.15) is 0 Å². The minimum atomic E-state index is -3.23. The molecule has 1 aliphatic heterocycles. The highest BCUT2D eigenvalue weighted by atomic mass is 32.2. The fourth-order valence-corrected chi connectivity index (χ4v) is 4.37. The lowest BCUT2D eigenvalue weighted by Gasteiger charge is -2.31. The van der Waals surface area contributed by atoms with Crippen LogP contribution in [0.5, 0.6) is 0 Å². The monoisotopic (exact) mass is 421 g/mol. The molecule has 2 heterocycles. The van der Waals surface area contributed by atoms with Gasteiger partial charge in [-0.2, -0.15) is 5.26 Å². The molecule has 1 saturated heterocycles. The Morgan fingerprint density at radius 3 is 2.50 bits per heavy atom. The van der Waals surface area contributed by atoms with E-state index < -0.39 is 9.84 Å². The minimum absolute atomic E-state index is 0.124. The van der Waals surface area contributed by atoms with Gasteiger partial charge in [-0.3, -0.25) is 0 Å². The van der Waals surface area contributed by atoms with Crippen LogP contribution in [0.3, 0.4) is 0 Å². The third-order valence-electron chi connectivity index (χ3n) is 5.36. The number of hydrogen-bond donors (Lipinski definition) is 1. The molecule has 154 valence electrons. The van der Waals surface area contributed by atoms with Crippen molar-refractivity contribution in [3.63, 3.8) is 0 Å². The van der Waals surface area contributed by atoms with Crippen LogP contribution in [-0.4, -0.2) is 37.7 Å². The average Bonchev–Trinajstić information content (AvgIpc) is 2.73. The summed E-state index contributed by atoms with van der Waals surface area (Å²) in [7, 11) is -3.23. The molecule has 7 nitrogen and oxygen atoms in total. The molecule has 0 bridgehead atoms. The number of sulfone groups is 1. The zero-order chi connectivity index (χ0) is 21.3. The van der Waals surface area contributed by atoms with Gasteiger partial charge in [0.05, 0.1) is 22.2 Å². The normalized spacial score (nSPS) is 15.2. The molecule has 30 heavy (non-hydrogen) atoms. The van der Waals surface area contributed by atoms with Gasteiger partial charge in [-0.05, 0) is 61.7 Å². The van der Waals surface area contributed by atoms with E-state index in [0.717, 1.165) is 48.1 Å². The summed E-state index contributed by atoms with van der Waals surface area (Å²) in [5, 5.41) is 13.3. The maximum atomic E-state index is 11.6. The number of nitrogens with zero attached hydrogens (tertiary/aromatic N) is 4. The molecular formula is C22H23N5O2S. The van der Waals surface area contributed by atoms with Crippen molar-refractivity contribution < 1.29 is 8.42 Å². The molecule has 2 aromatic carbocycles. The summed E-state index contributed by atoms with van der Waals surface area (Å²) in [5.74, 6) is 0.575. The maximum Gasteiger partial charge on any atom is 0.227 e. The molecule has 3 aromatic rings. The molecule has 0 saturated carbocycles. The van der Waals surface area contributed by atoms with Crippen molar-refractivity contribution in [1.82, 2.24) is 9.97 Å². The number of anilines is 3. The minimum Gasteiger partial charge on any atom is -0.370 e. The second-order valence-electron chi connectivity index (χ2n) is 7.73. The van der Waals surface area contributed by atoms with Crippen LogP contribution in [0.25, 0.3) is 10.9 Å². The molecule has 1 fully saturated rings. The van der Waals surface area contributed by atoms with E-state index in [1.165, 1.54) is 6.26 Å². The van der Waals surface area contributed by atoms with E-state index in [1.807, 2.05) is 0 Å². The molecule has 8 heteroatoms. The Bertz CT molecular complexity index is 1220. The van der Waals surface area contributed by atoms with E-state index in [0.29, 0.717) is 11.6 Å². The highest BCUT2D eigenvalue weighted by molar-refractivity contribution is 7.90. The highest BCUT2D eigenvalue weighted by Crippen LogP contribution is 2.31. The second-order valence-corrected chi connectivity index (χ2v) is 9.74. The lowest BCUT2D eigenvalue weighted by molar-refractivity contribution is 0.488. The van der Waals surface area contributed by atoms with Crippen LogP contribution in [0.2, 0.25) is 0 Å². The van der Waals surface area contributed by atoms with Crippen LogP contribution in [0.1, 0.15) is 18.4 Å². The molecule has 0 amide bonds. The summed E-state index contributed by atoms with van der Waals surface area (Å²) in [5.41, 5.74) is 3.77. The van der Waals surface area contributed by atoms with Gasteiger partial charge in [0.15, 0.2) is 9.84 Å². The summed E-state index contributed by atoms with van der Waals surface area (Å²) in [6, 6.07) is 13.1. The first-order valence-corrected chi connectivity index (χ1v) is 11.7. The molecule has 0 radical (unpaired) electrons. The number of aromatic nitrogens is 2. The van der Waals surface area contributed by atoms with Crippen molar-refractivity contribution in [3.05, 3.63) is 48.2 Å². The summed E-state index contributed by atoms with van der Waals surface area (Å²) in [4.78, 5) is 11.7. The molecule has 1 N–H and O–H groups in total. The Balaban J connectivity index is 1.65. The maximum absolute atomic E-state index is 11.6. The predicted octanol–water partition coefficient (Wildman–Crippen LogP) is 3.83. The van der Waals surface area contributed by atoms with Gasteiger partial charge in [0.2, 0.25) is 5.95 Å². The van der Waals surface area contributed by atoms with Crippen molar-refractivity contribution >= 4 is 38.1 Å². The highest BCUT2D eigenvalue weighted by Gasteiger charge is 2.21. The van der Waals surface area contributed by atoms with E-state index in [2.05, 4.69) is 40.3 Å². The molecule has 1 aromatic heterocycles. The van der Waals surface area contributed by atoms with Gasteiger partial charge >= 0.3 is 0 Å². The molecule has 1 aliphatic rings. The van der Waals surface area contributed by atoms with E-state index >= 15 is 0 Å². The number of fused-ring (bicyclic) bond motifs is 1. The fraction of sp³-hybridized carbons (Fsp3) is 0.318. The van der Waals surface area contributed by atoms with Gasteiger partial charge in [0, 0.05) is 42.5 Å². The first-order chi connectivity index (χ1) is 14.3. The van der Waals surface area contributed by atoms with Crippen LogP contribution in [0, 0.1) is 24.2 Å². The van der Waals surface area contributed by atoms with Crippen molar-refractivity contribution in [2.75, 3.05) is 29.6 Å². The van der Waals surface area contributed by atoms with Crippen LogP contribution in [0.15, 0.2) is 47.5 Å². The van der Waals surface area contributed by atoms with Gasteiger partial charge in [-0.1, -0.05) is 0 Å². The molecular weight excluding hydrogens is 398 g/mol. The van der Waals surface area contributed by atoms with Crippen molar-refractivity contribution in [3.8, 4) is 6.07 Å². The first-order valence-electron chi connectivity index (χ1n) is 9.82. The number of aryl methyl sites for hydroxylation is 1. The Morgan fingerprint density at radius 2 is 1.87 bits per heavy atom. The quantitative estimate of drug-likeness (QED) is 0.683. The van der Waals surface area contributed by atoms with Gasteiger partial charge < -0.3 is 10.2 Å². The molecule has 0 spiro atoms. The summed E-state index contributed by atoms with van der Waals surface area (Å²) >= 11 is 0. The summed E-state index contributed by atoms with van der Waals surface area (Å²) in [6.07, 6.45) is 4.70. The third-order valence-corrected chi connectivity index (χ3v) is 6.49. The predicted molar refractivity (Wildman–Crippen MR) is 118 cm³/mol. The zero-order valence-electron chi connectivity index (χ0n) is 17.0. The van der Waals surface area contributed by atoms with Crippen molar-refractivity contribution in [2.45, 2.75) is 24.7 Å². The third kappa shape index (κ3) is 4.21. The van der Waals surface area contributed by atoms with Gasteiger partial charge in [0.25, 0.3) is 0 Å². The Morgan fingerprint density at radius 1 is 1.17 bits per heavy atom. The largest absolute Gasteiger partial charge is 0.370 e. The molecule has 0 atom stereocenters. The van der Waals surface area contributed by atoms with E-state index in [-0.39, 0.29) is 10.8 Å². The number of piperidine rings is 1. The van der Waals surface area contributed by atoms with E-state index in [1.54, 1.807) is 30.5 Å². The van der Waals surface area contributed by atoms with E-state index in [9.17, 15) is 13.7 Å². The Labute approximate surface area is 176 Å². The number of rotatable bonds is 4. The van der Waals surface area contributed by atoms with Crippen LogP contribution >= 0.6 is 0 Å². The smallest absolute Gasteiger partial charge is 0.227 e.